The van der Waals surface area contributed by atoms with Crippen LogP contribution in [0.2, 0.25) is 0 Å². The maximum absolute atomic E-state index is 13.8. The van der Waals surface area contributed by atoms with E-state index < -0.39 is 17.3 Å². The first kappa shape index (κ1) is 30.4. The molecule has 236 valence electrons. The average molecular weight is 622 g/mol. The zero-order chi connectivity index (χ0) is 31.6. The predicted octanol–water partition coefficient (Wildman–Crippen LogP) is 4.21. The molecule has 0 saturated carbocycles. The molecule has 2 amide bonds. The Morgan fingerprint density at radius 3 is 2.53 bits per heavy atom. The minimum absolute atomic E-state index is 0.00679. The van der Waals surface area contributed by atoms with Crippen LogP contribution in [0.1, 0.15) is 31.9 Å². The van der Waals surface area contributed by atoms with Crippen LogP contribution in [0.15, 0.2) is 55.0 Å². The topological polar surface area (TPSA) is 123 Å². The van der Waals surface area contributed by atoms with Gasteiger partial charge in [0.25, 0.3) is 0 Å². The molecule has 4 aromatic rings. The van der Waals surface area contributed by atoms with Crippen LogP contribution in [0.3, 0.4) is 0 Å². The molecule has 11 nitrogen and oxygen atoms in total. The lowest BCUT2D eigenvalue weighted by Crippen LogP contribution is -2.51. The van der Waals surface area contributed by atoms with Crippen molar-refractivity contribution < 1.29 is 22.8 Å². The van der Waals surface area contributed by atoms with Crippen molar-refractivity contribution in [2.75, 3.05) is 56.0 Å². The molecule has 0 radical (unpaired) electrons. The van der Waals surface area contributed by atoms with Crippen molar-refractivity contribution in [3.05, 3.63) is 60.7 Å². The van der Waals surface area contributed by atoms with Gasteiger partial charge in [-0.15, -0.1) is 0 Å². The minimum atomic E-state index is -4.55. The Bertz CT molecular complexity index is 1670. The number of nitrogens with one attached hydrogen (secondary N) is 2. The Labute approximate surface area is 257 Å². The largest absolute Gasteiger partial charge is 0.433 e. The number of alkyl halides is 3. The number of aromatic nitrogens is 5. The molecule has 1 unspecified atom stereocenters. The van der Waals surface area contributed by atoms with Gasteiger partial charge in [-0.3, -0.25) is 24.6 Å². The van der Waals surface area contributed by atoms with E-state index in [1.165, 1.54) is 0 Å². The van der Waals surface area contributed by atoms with Crippen molar-refractivity contribution in [3.8, 4) is 11.3 Å². The second-order valence-corrected chi connectivity index (χ2v) is 11.6. The van der Waals surface area contributed by atoms with Crippen LogP contribution >= 0.6 is 0 Å². The number of carbonyl (C=O) groups excluding carboxylic acids is 2. The van der Waals surface area contributed by atoms with E-state index in [4.69, 9.17) is 0 Å². The molecule has 2 aliphatic rings. The summed E-state index contributed by atoms with van der Waals surface area (Å²) in [4.78, 5) is 44.2. The molecule has 14 heteroatoms. The SMILES string of the molecule is CCCC1(C(=O)Nc2ccc3[nH]nc(-c4ccncc4)c3c2)CCN(CC(=O)N2CCN(c3nccc(C(F)(F)F)n3)CC2)C1. The predicted molar refractivity (Wildman–Crippen MR) is 162 cm³/mol. The molecule has 0 bridgehead atoms. The number of pyridine rings is 1. The Hall–Kier alpha value is -4.59. The van der Waals surface area contributed by atoms with Crippen molar-refractivity contribution in [1.29, 1.82) is 0 Å². The molecule has 0 aliphatic carbocycles. The number of carbonyl (C=O) groups is 2. The Morgan fingerprint density at radius 1 is 1.02 bits per heavy atom. The second kappa shape index (κ2) is 12.4. The molecule has 2 fully saturated rings. The zero-order valence-electron chi connectivity index (χ0n) is 24.8. The lowest BCUT2D eigenvalue weighted by molar-refractivity contribution is -0.141. The van der Waals surface area contributed by atoms with E-state index in [0.29, 0.717) is 57.8 Å². The first-order chi connectivity index (χ1) is 21.6. The number of halogens is 3. The van der Waals surface area contributed by atoms with Gasteiger partial charge in [-0.05, 0) is 55.8 Å². The molecular formula is C31H34F3N9O2. The van der Waals surface area contributed by atoms with E-state index in [-0.39, 0.29) is 24.3 Å². The van der Waals surface area contributed by atoms with E-state index in [1.54, 1.807) is 22.2 Å². The molecule has 5 heterocycles. The third-order valence-electron chi connectivity index (χ3n) is 8.62. The zero-order valence-corrected chi connectivity index (χ0v) is 24.8. The monoisotopic (exact) mass is 621 g/mol. The molecule has 6 rings (SSSR count). The molecule has 1 aromatic carbocycles. The van der Waals surface area contributed by atoms with E-state index in [2.05, 4.69) is 37.4 Å². The summed E-state index contributed by atoms with van der Waals surface area (Å²) in [6, 6.07) is 10.3. The van der Waals surface area contributed by atoms with Gasteiger partial charge in [-0.25, -0.2) is 9.97 Å². The summed E-state index contributed by atoms with van der Waals surface area (Å²) in [5.74, 6) is -0.129. The van der Waals surface area contributed by atoms with Gasteiger partial charge in [0.1, 0.15) is 11.4 Å². The Morgan fingerprint density at radius 2 is 1.80 bits per heavy atom. The number of fused-ring (bicyclic) bond motifs is 1. The van der Waals surface area contributed by atoms with Gasteiger partial charge >= 0.3 is 6.18 Å². The summed E-state index contributed by atoms with van der Waals surface area (Å²) in [6.07, 6.45) is 2.12. The summed E-state index contributed by atoms with van der Waals surface area (Å²) in [7, 11) is 0. The number of aromatic amines is 1. The van der Waals surface area contributed by atoms with Crippen molar-refractivity contribution in [2.24, 2.45) is 5.41 Å². The highest BCUT2D eigenvalue weighted by atomic mass is 19.4. The van der Waals surface area contributed by atoms with Crippen LogP contribution in [0.25, 0.3) is 22.2 Å². The van der Waals surface area contributed by atoms with Gasteiger partial charge < -0.3 is 15.1 Å². The summed E-state index contributed by atoms with van der Waals surface area (Å²) >= 11 is 0. The molecule has 45 heavy (non-hydrogen) atoms. The van der Waals surface area contributed by atoms with Crippen LogP contribution < -0.4 is 10.2 Å². The molecular weight excluding hydrogens is 587 g/mol. The van der Waals surface area contributed by atoms with Gasteiger partial charge in [-0.2, -0.15) is 18.3 Å². The van der Waals surface area contributed by atoms with Gasteiger partial charge in [0, 0.05) is 68.0 Å². The van der Waals surface area contributed by atoms with E-state index >= 15 is 0 Å². The van der Waals surface area contributed by atoms with Gasteiger partial charge in [0.05, 0.1) is 17.5 Å². The number of amides is 2. The summed E-state index contributed by atoms with van der Waals surface area (Å²) in [5, 5.41) is 11.5. The number of likely N-dealkylation sites (tertiary alicyclic amines) is 1. The summed E-state index contributed by atoms with van der Waals surface area (Å²) in [5.41, 5.74) is 1.61. The quantitative estimate of drug-likeness (QED) is 0.300. The third-order valence-corrected chi connectivity index (χ3v) is 8.62. The van der Waals surface area contributed by atoms with Crippen LogP contribution in [0.4, 0.5) is 24.8 Å². The minimum Gasteiger partial charge on any atom is -0.338 e. The first-order valence-corrected chi connectivity index (χ1v) is 15.0. The molecule has 2 saturated heterocycles. The number of rotatable bonds is 8. The number of hydrogen-bond donors (Lipinski definition) is 2. The first-order valence-electron chi connectivity index (χ1n) is 15.0. The number of hydrogen-bond acceptors (Lipinski definition) is 8. The van der Waals surface area contributed by atoms with E-state index in [9.17, 15) is 22.8 Å². The Kier molecular flexibility index (Phi) is 8.40. The normalized spacial score (nSPS) is 19.3. The maximum Gasteiger partial charge on any atom is 0.433 e. The van der Waals surface area contributed by atoms with Crippen LogP contribution in [0.5, 0.6) is 0 Å². The molecule has 3 aromatic heterocycles. The lowest BCUT2D eigenvalue weighted by Gasteiger charge is -2.35. The highest BCUT2D eigenvalue weighted by Crippen LogP contribution is 2.37. The Balaban J connectivity index is 1.07. The fourth-order valence-corrected chi connectivity index (χ4v) is 6.27. The fourth-order valence-electron chi connectivity index (χ4n) is 6.27. The third kappa shape index (κ3) is 6.46. The fraction of sp³-hybridized carbons (Fsp3) is 0.419. The summed E-state index contributed by atoms with van der Waals surface area (Å²) in [6.45, 7) is 4.68. The van der Waals surface area contributed by atoms with Crippen molar-refractivity contribution in [3.63, 3.8) is 0 Å². The van der Waals surface area contributed by atoms with Gasteiger partial charge in [0.15, 0.2) is 0 Å². The van der Waals surface area contributed by atoms with Gasteiger partial charge in [-0.1, -0.05) is 13.3 Å². The molecule has 2 N–H and O–H groups in total. The smallest absolute Gasteiger partial charge is 0.338 e. The van der Waals surface area contributed by atoms with Crippen molar-refractivity contribution >= 4 is 34.4 Å². The van der Waals surface area contributed by atoms with E-state index in [1.807, 2.05) is 35.2 Å². The lowest BCUT2D eigenvalue weighted by atomic mass is 9.81. The number of benzene rings is 1. The van der Waals surface area contributed by atoms with Crippen LogP contribution in [0, 0.1) is 5.41 Å². The summed E-state index contributed by atoms with van der Waals surface area (Å²) < 4.78 is 39.2. The number of H-pyrrole nitrogens is 1. The van der Waals surface area contributed by atoms with Crippen LogP contribution in [-0.4, -0.2) is 92.6 Å². The van der Waals surface area contributed by atoms with E-state index in [0.717, 1.165) is 40.8 Å². The standard InChI is InChI=1S/C31H34F3N9O2/c1-2-8-30(28(45)37-22-3-4-24-23(18-22)27(40-39-24)21-5-10-35-11-6-21)9-13-41(20-30)19-26(44)42-14-16-43(17-15-42)29-36-12-7-25(38-29)31(32,33)34/h3-7,10-12,18H,2,8-9,13-17,19-20H2,1H3,(H,37,45)(H,39,40). The number of anilines is 2. The maximum atomic E-state index is 13.8. The highest BCUT2D eigenvalue weighted by molar-refractivity contribution is 6.00. The molecule has 1 atom stereocenters. The van der Waals surface area contributed by atoms with Crippen molar-refractivity contribution in [1.82, 2.24) is 34.9 Å². The van der Waals surface area contributed by atoms with Gasteiger partial charge in [0.2, 0.25) is 17.8 Å². The molecule has 0 spiro atoms. The van der Waals surface area contributed by atoms with Crippen LogP contribution in [-0.2, 0) is 15.8 Å². The second-order valence-electron chi connectivity index (χ2n) is 11.6. The molecule has 2 aliphatic heterocycles. The highest BCUT2D eigenvalue weighted by Gasteiger charge is 2.44. The van der Waals surface area contributed by atoms with Crippen molar-refractivity contribution in [2.45, 2.75) is 32.4 Å². The number of nitrogens with zero attached hydrogens (tertiary/aromatic N) is 7. The number of piperazine rings is 1. The average Bonchev–Trinajstić information content (AvgIpc) is 3.66.